The first-order chi connectivity index (χ1) is 15.0. The molecule has 1 aromatic heterocycles. The van der Waals surface area contributed by atoms with Gasteiger partial charge in [0.15, 0.2) is 0 Å². The molecule has 31 heavy (non-hydrogen) atoms. The quantitative estimate of drug-likeness (QED) is 0.608. The molecule has 2 aromatic carbocycles. The number of hydrogen-bond acceptors (Lipinski definition) is 5. The zero-order chi connectivity index (χ0) is 21.8. The molecule has 3 aromatic rings. The minimum Gasteiger partial charge on any atom is -0.352 e. The number of fused-ring (bicyclic) bond motifs is 1. The molecular formula is C22H27N5O3S. The monoisotopic (exact) mass is 441 g/mol. The molecule has 9 heteroatoms. The smallest absolute Gasteiger partial charge is 0.243 e. The predicted octanol–water partition coefficient (Wildman–Crippen LogP) is 2.56. The number of rotatable bonds is 7. The number of hydrogen-bond donors (Lipinski definition) is 1. The van der Waals surface area contributed by atoms with Crippen molar-refractivity contribution in [1.82, 2.24) is 24.6 Å². The van der Waals surface area contributed by atoms with Crippen molar-refractivity contribution in [2.24, 2.45) is 5.92 Å². The summed E-state index contributed by atoms with van der Waals surface area (Å²) < 4.78 is 29.5. The van der Waals surface area contributed by atoms with E-state index in [4.69, 9.17) is 0 Å². The van der Waals surface area contributed by atoms with Crippen molar-refractivity contribution in [3.63, 3.8) is 0 Å². The summed E-state index contributed by atoms with van der Waals surface area (Å²) in [6.45, 7) is 3.93. The van der Waals surface area contributed by atoms with Crippen molar-refractivity contribution in [3.8, 4) is 0 Å². The lowest BCUT2D eigenvalue weighted by atomic mass is 9.97. The highest BCUT2D eigenvalue weighted by Crippen LogP contribution is 2.26. The Morgan fingerprint density at radius 3 is 2.58 bits per heavy atom. The zero-order valence-electron chi connectivity index (χ0n) is 17.6. The molecule has 0 saturated carbocycles. The number of sulfonamides is 1. The third-order valence-corrected chi connectivity index (χ3v) is 7.59. The molecule has 0 spiro atoms. The third-order valence-electron chi connectivity index (χ3n) is 5.69. The van der Waals surface area contributed by atoms with Crippen LogP contribution < -0.4 is 5.32 Å². The summed E-state index contributed by atoms with van der Waals surface area (Å²) in [6.07, 6.45) is 1.94. The first-order valence-electron chi connectivity index (χ1n) is 10.6. The largest absolute Gasteiger partial charge is 0.352 e. The molecule has 0 unspecified atom stereocenters. The lowest BCUT2D eigenvalue weighted by molar-refractivity contribution is -0.126. The Kier molecular flexibility index (Phi) is 6.33. The predicted molar refractivity (Wildman–Crippen MR) is 118 cm³/mol. The molecule has 1 amide bonds. The highest BCUT2D eigenvalue weighted by atomic mass is 32.2. The van der Waals surface area contributed by atoms with Gasteiger partial charge in [-0.05, 0) is 43.0 Å². The van der Waals surface area contributed by atoms with Crippen LogP contribution in [0, 0.1) is 5.92 Å². The number of aryl methyl sites for hydroxylation is 1. The summed E-state index contributed by atoms with van der Waals surface area (Å²) in [5.41, 5.74) is 2.45. The van der Waals surface area contributed by atoms with Crippen molar-refractivity contribution in [3.05, 3.63) is 54.1 Å². The topological polar surface area (TPSA) is 97.2 Å². The van der Waals surface area contributed by atoms with Crippen LogP contribution in [-0.4, -0.2) is 46.7 Å². The fraction of sp³-hybridized carbons (Fsp3) is 0.409. The van der Waals surface area contributed by atoms with Gasteiger partial charge in [0.1, 0.15) is 5.52 Å². The van der Waals surface area contributed by atoms with Crippen LogP contribution in [0.2, 0.25) is 0 Å². The van der Waals surface area contributed by atoms with E-state index in [1.165, 1.54) is 4.31 Å². The molecule has 8 nitrogen and oxygen atoms in total. The van der Waals surface area contributed by atoms with E-state index in [1.807, 2.05) is 30.3 Å². The Hall–Kier alpha value is -2.78. The van der Waals surface area contributed by atoms with Crippen LogP contribution >= 0.6 is 0 Å². The number of nitrogens with zero attached hydrogens (tertiary/aromatic N) is 4. The lowest BCUT2D eigenvalue weighted by Crippen LogP contribution is -2.42. The van der Waals surface area contributed by atoms with Gasteiger partial charge in [0.05, 0.1) is 10.4 Å². The SMILES string of the molecule is CCCn1nnc2cc(S(=O)(=O)N3CCC(C(=O)NCc4ccccc4)CC3)ccc21. The van der Waals surface area contributed by atoms with Gasteiger partial charge in [-0.3, -0.25) is 4.79 Å². The van der Waals surface area contributed by atoms with Crippen LogP contribution in [-0.2, 0) is 27.9 Å². The molecule has 1 N–H and O–H groups in total. The van der Waals surface area contributed by atoms with E-state index in [9.17, 15) is 13.2 Å². The van der Waals surface area contributed by atoms with Crippen LogP contribution in [0.15, 0.2) is 53.4 Å². The number of benzene rings is 2. The van der Waals surface area contributed by atoms with E-state index in [0.29, 0.717) is 38.0 Å². The Balaban J connectivity index is 1.38. The molecule has 0 atom stereocenters. The summed E-state index contributed by atoms with van der Waals surface area (Å²) in [5, 5.41) is 11.2. The maximum absolute atomic E-state index is 13.1. The second kappa shape index (κ2) is 9.15. The van der Waals surface area contributed by atoms with Crippen LogP contribution in [0.4, 0.5) is 0 Å². The van der Waals surface area contributed by atoms with Gasteiger partial charge < -0.3 is 5.32 Å². The fourth-order valence-electron chi connectivity index (χ4n) is 3.93. The molecule has 0 aliphatic carbocycles. The van der Waals surface area contributed by atoms with E-state index in [2.05, 4.69) is 22.6 Å². The van der Waals surface area contributed by atoms with E-state index >= 15 is 0 Å². The highest BCUT2D eigenvalue weighted by Gasteiger charge is 2.32. The number of carbonyl (C=O) groups excluding carboxylic acids is 1. The average Bonchev–Trinajstić information content (AvgIpc) is 3.20. The zero-order valence-corrected chi connectivity index (χ0v) is 18.4. The Labute approximate surface area is 182 Å². The maximum atomic E-state index is 13.1. The van der Waals surface area contributed by atoms with Crippen LogP contribution in [0.5, 0.6) is 0 Å². The Morgan fingerprint density at radius 1 is 1.13 bits per heavy atom. The average molecular weight is 442 g/mol. The summed E-state index contributed by atoms with van der Waals surface area (Å²) in [6, 6.07) is 14.7. The van der Waals surface area contributed by atoms with Gasteiger partial charge in [0, 0.05) is 32.1 Å². The van der Waals surface area contributed by atoms with Gasteiger partial charge in [-0.1, -0.05) is 42.5 Å². The first-order valence-corrected chi connectivity index (χ1v) is 12.1. The number of carbonyl (C=O) groups is 1. The molecule has 0 bridgehead atoms. The molecule has 164 valence electrons. The van der Waals surface area contributed by atoms with Crippen LogP contribution in [0.1, 0.15) is 31.7 Å². The minimum atomic E-state index is -3.64. The van der Waals surface area contributed by atoms with Crippen molar-refractivity contribution in [2.45, 2.75) is 44.2 Å². The molecule has 0 radical (unpaired) electrons. The molecule has 4 rings (SSSR count). The molecule has 1 aliphatic heterocycles. The van der Waals surface area contributed by atoms with Crippen molar-refractivity contribution in [1.29, 1.82) is 0 Å². The van der Waals surface area contributed by atoms with Gasteiger partial charge >= 0.3 is 0 Å². The second-order valence-electron chi connectivity index (χ2n) is 7.84. The summed E-state index contributed by atoms with van der Waals surface area (Å²) >= 11 is 0. The number of piperidine rings is 1. The van der Waals surface area contributed by atoms with Gasteiger partial charge in [-0.25, -0.2) is 13.1 Å². The molecule has 1 aliphatic rings. The summed E-state index contributed by atoms with van der Waals surface area (Å²) in [4.78, 5) is 12.7. The molecule has 1 fully saturated rings. The molecule has 1 saturated heterocycles. The lowest BCUT2D eigenvalue weighted by Gasteiger charge is -2.30. The van der Waals surface area contributed by atoms with E-state index in [1.54, 1.807) is 22.9 Å². The number of nitrogens with one attached hydrogen (secondary N) is 1. The van der Waals surface area contributed by atoms with Gasteiger partial charge in [0.25, 0.3) is 0 Å². The normalized spacial score (nSPS) is 15.9. The van der Waals surface area contributed by atoms with Crippen LogP contribution in [0.25, 0.3) is 11.0 Å². The fourth-order valence-corrected chi connectivity index (χ4v) is 5.42. The summed E-state index contributed by atoms with van der Waals surface area (Å²) in [5.74, 6) is -0.193. The van der Waals surface area contributed by atoms with Gasteiger partial charge in [-0.15, -0.1) is 5.10 Å². The van der Waals surface area contributed by atoms with Crippen molar-refractivity contribution in [2.75, 3.05) is 13.1 Å². The van der Waals surface area contributed by atoms with E-state index in [-0.39, 0.29) is 16.7 Å². The second-order valence-corrected chi connectivity index (χ2v) is 9.78. The minimum absolute atomic E-state index is 0.0186. The maximum Gasteiger partial charge on any atom is 0.243 e. The van der Waals surface area contributed by atoms with E-state index in [0.717, 1.165) is 24.0 Å². The third kappa shape index (κ3) is 4.62. The van der Waals surface area contributed by atoms with Crippen LogP contribution in [0.3, 0.4) is 0 Å². The van der Waals surface area contributed by atoms with Gasteiger partial charge in [-0.2, -0.15) is 4.31 Å². The van der Waals surface area contributed by atoms with E-state index < -0.39 is 10.0 Å². The van der Waals surface area contributed by atoms with Crippen molar-refractivity contribution < 1.29 is 13.2 Å². The number of aromatic nitrogens is 3. The van der Waals surface area contributed by atoms with Crippen molar-refractivity contribution >= 4 is 27.0 Å². The first kappa shape index (κ1) is 21.5. The van der Waals surface area contributed by atoms with Gasteiger partial charge in [0.2, 0.25) is 15.9 Å². The Morgan fingerprint density at radius 2 is 1.87 bits per heavy atom. The standard InChI is InChI=1S/C22H27N5O3S/c1-2-12-27-21-9-8-19(15-20(21)24-25-27)31(29,30)26-13-10-18(11-14-26)22(28)23-16-17-6-4-3-5-7-17/h3-9,15,18H,2,10-14,16H2,1H3,(H,23,28). The molecular weight excluding hydrogens is 414 g/mol. The Bertz CT molecular complexity index is 1150. The summed E-state index contributed by atoms with van der Waals surface area (Å²) in [7, 11) is -3.64. The number of amides is 1. The highest BCUT2D eigenvalue weighted by molar-refractivity contribution is 7.89. The molecule has 2 heterocycles.